The second-order valence-electron chi connectivity index (χ2n) is 4.86. The smallest absolute Gasteiger partial charge is 0.311 e. The van der Waals surface area contributed by atoms with E-state index in [0.29, 0.717) is 25.5 Å². The van der Waals surface area contributed by atoms with Crippen LogP contribution in [0.2, 0.25) is 0 Å². The standard InChI is InChI=1S/C11H16N4O3/c1-11(2)7-14(5-6-18-11)9-4-3-8(15(16)17)10(12)13-9/h3-4H,5-7H2,1-2H3,(H2,12,13). The molecule has 0 bridgehead atoms. The van der Waals surface area contributed by atoms with E-state index in [0.717, 1.165) is 0 Å². The van der Waals surface area contributed by atoms with Crippen molar-refractivity contribution in [3.8, 4) is 0 Å². The maximum atomic E-state index is 10.7. The van der Waals surface area contributed by atoms with Gasteiger partial charge in [0.25, 0.3) is 0 Å². The molecule has 0 spiro atoms. The maximum absolute atomic E-state index is 10.7. The molecule has 1 fully saturated rings. The van der Waals surface area contributed by atoms with E-state index < -0.39 is 4.92 Å². The molecule has 7 nitrogen and oxygen atoms in total. The van der Waals surface area contributed by atoms with Gasteiger partial charge in [0.2, 0.25) is 5.82 Å². The first-order chi connectivity index (χ1) is 8.39. The van der Waals surface area contributed by atoms with E-state index in [9.17, 15) is 10.1 Å². The molecule has 0 unspecified atom stereocenters. The second-order valence-corrected chi connectivity index (χ2v) is 4.86. The summed E-state index contributed by atoms with van der Waals surface area (Å²) in [5.41, 5.74) is 5.17. The van der Waals surface area contributed by atoms with E-state index in [-0.39, 0.29) is 17.1 Å². The molecule has 0 aliphatic carbocycles. The number of morpholine rings is 1. The molecule has 0 aromatic carbocycles. The number of aromatic nitrogens is 1. The minimum absolute atomic E-state index is 0.0539. The topological polar surface area (TPSA) is 94.5 Å². The van der Waals surface area contributed by atoms with Crippen molar-refractivity contribution >= 4 is 17.3 Å². The van der Waals surface area contributed by atoms with Gasteiger partial charge in [-0.15, -0.1) is 0 Å². The summed E-state index contributed by atoms with van der Waals surface area (Å²) in [6.45, 7) is 5.97. The third kappa shape index (κ3) is 2.51. The lowest BCUT2D eigenvalue weighted by molar-refractivity contribution is -0.384. The Bertz CT molecular complexity index is 475. The molecule has 1 saturated heterocycles. The van der Waals surface area contributed by atoms with Gasteiger partial charge in [0.05, 0.1) is 17.1 Å². The van der Waals surface area contributed by atoms with Crippen LogP contribution in [-0.2, 0) is 4.74 Å². The molecule has 1 aromatic rings. The zero-order chi connectivity index (χ0) is 13.3. The van der Waals surface area contributed by atoms with Crippen molar-refractivity contribution < 1.29 is 9.66 Å². The molecule has 1 aromatic heterocycles. The fourth-order valence-electron chi connectivity index (χ4n) is 2.00. The summed E-state index contributed by atoms with van der Waals surface area (Å²) in [7, 11) is 0. The largest absolute Gasteiger partial charge is 0.378 e. The molecule has 7 heteroatoms. The van der Waals surface area contributed by atoms with Crippen LogP contribution < -0.4 is 10.6 Å². The maximum Gasteiger partial charge on any atom is 0.311 e. The molecule has 0 radical (unpaired) electrons. The Labute approximate surface area is 105 Å². The molecular weight excluding hydrogens is 236 g/mol. The Morgan fingerprint density at radius 2 is 2.28 bits per heavy atom. The molecular formula is C11H16N4O3. The first kappa shape index (κ1) is 12.6. The molecule has 1 aliphatic rings. The number of anilines is 2. The van der Waals surface area contributed by atoms with Gasteiger partial charge in [-0.1, -0.05) is 0 Å². The van der Waals surface area contributed by atoms with Gasteiger partial charge in [0.15, 0.2) is 0 Å². The average Bonchev–Trinajstić information content (AvgIpc) is 2.27. The van der Waals surface area contributed by atoms with Crippen LogP contribution in [0.4, 0.5) is 17.3 Å². The molecule has 1 aliphatic heterocycles. The third-order valence-corrected chi connectivity index (χ3v) is 2.83. The van der Waals surface area contributed by atoms with Crippen molar-refractivity contribution in [2.24, 2.45) is 0 Å². The van der Waals surface area contributed by atoms with Crippen LogP contribution in [0, 0.1) is 10.1 Å². The van der Waals surface area contributed by atoms with Gasteiger partial charge in [0, 0.05) is 19.2 Å². The molecule has 0 amide bonds. The Morgan fingerprint density at radius 3 is 2.83 bits per heavy atom. The monoisotopic (exact) mass is 252 g/mol. The van der Waals surface area contributed by atoms with Crippen molar-refractivity contribution in [3.05, 3.63) is 22.2 Å². The van der Waals surface area contributed by atoms with E-state index in [4.69, 9.17) is 10.5 Å². The molecule has 18 heavy (non-hydrogen) atoms. The van der Waals surface area contributed by atoms with E-state index in [2.05, 4.69) is 4.98 Å². The minimum Gasteiger partial charge on any atom is -0.378 e. The van der Waals surface area contributed by atoms with Crippen LogP contribution in [0.5, 0.6) is 0 Å². The second kappa shape index (κ2) is 4.41. The minimum atomic E-state index is -0.532. The van der Waals surface area contributed by atoms with E-state index >= 15 is 0 Å². The highest BCUT2D eigenvalue weighted by Crippen LogP contribution is 2.26. The molecule has 98 valence electrons. The summed E-state index contributed by atoms with van der Waals surface area (Å²) in [5.74, 6) is 0.594. The van der Waals surface area contributed by atoms with Crippen LogP contribution in [0.25, 0.3) is 0 Å². The van der Waals surface area contributed by atoms with Crippen molar-refractivity contribution in [1.82, 2.24) is 4.98 Å². The van der Waals surface area contributed by atoms with Gasteiger partial charge in [-0.2, -0.15) is 0 Å². The van der Waals surface area contributed by atoms with Gasteiger partial charge >= 0.3 is 5.69 Å². The van der Waals surface area contributed by atoms with E-state index in [1.54, 1.807) is 6.07 Å². The Hall–Kier alpha value is -1.89. The molecule has 0 saturated carbocycles. The normalized spacial score (nSPS) is 18.7. The number of hydrogen-bond acceptors (Lipinski definition) is 6. The van der Waals surface area contributed by atoms with Crippen LogP contribution in [0.15, 0.2) is 12.1 Å². The summed E-state index contributed by atoms with van der Waals surface area (Å²) < 4.78 is 5.60. The SMILES string of the molecule is CC1(C)CN(c2ccc([N+](=O)[O-])c(N)n2)CCO1. The zero-order valence-corrected chi connectivity index (χ0v) is 10.4. The quantitative estimate of drug-likeness (QED) is 0.627. The lowest BCUT2D eigenvalue weighted by Crippen LogP contribution is -2.48. The van der Waals surface area contributed by atoms with Crippen LogP contribution in [0.1, 0.15) is 13.8 Å². The van der Waals surface area contributed by atoms with Crippen molar-refractivity contribution in [1.29, 1.82) is 0 Å². The van der Waals surface area contributed by atoms with E-state index in [1.807, 2.05) is 18.7 Å². The van der Waals surface area contributed by atoms with Crippen molar-refractivity contribution in [2.45, 2.75) is 19.4 Å². The van der Waals surface area contributed by atoms with Gasteiger partial charge in [-0.3, -0.25) is 10.1 Å². The molecule has 2 heterocycles. The number of nitro groups is 1. The highest BCUT2D eigenvalue weighted by atomic mass is 16.6. The van der Waals surface area contributed by atoms with Gasteiger partial charge in [-0.25, -0.2) is 4.98 Å². The van der Waals surface area contributed by atoms with Crippen LogP contribution >= 0.6 is 0 Å². The molecule has 2 N–H and O–H groups in total. The third-order valence-electron chi connectivity index (χ3n) is 2.83. The Morgan fingerprint density at radius 1 is 1.56 bits per heavy atom. The van der Waals surface area contributed by atoms with E-state index in [1.165, 1.54) is 6.07 Å². The van der Waals surface area contributed by atoms with Crippen molar-refractivity contribution in [2.75, 3.05) is 30.3 Å². The highest BCUT2D eigenvalue weighted by molar-refractivity contribution is 5.58. The number of pyridine rings is 1. The fraction of sp³-hybridized carbons (Fsp3) is 0.545. The van der Waals surface area contributed by atoms with Crippen LogP contribution in [-0.4, -0.2) is 35.2 Å². The average molecular weight is 252 g/mol. The van der Waals surface area contributed by atoms with Crippen LogP contribution in [0.3, 0.4) is 0 Å². The summed E-state index contributed by atoms with van der Waals surface area (Å²) in [4.78, 5) is 16.2. The zero-order valence-electron chi connectivity index (χ0n) is 10.4. The first-order valence-electron chi connectivity index (χ1n) is 5.69. The predicted molar refractivity (Wildman–Crippen MR) is 67.5 cm³/mol. The number of ether oxygens (including phenoxy) is 1. The number of nitrogen functional groups attached to an aromatic ring is 1. The highest BCUT2D eigenvalue weighted by Gasteiger charge is 2.28. The lowest BCUT2D eigenvalue weighted by Gasteiger charge is -2.38. The predicted octanol–water partition coefficient (Wildman–Crippen LogP) is 1.19. The first-order valence-corrected chi connectivity index (χ1v) is 5.69. The Kier molecular flexibility index (Phi) is 3.08. The summed E-state index contributed by atoms with van der Waals surface area (Å²) >= 11 is 0. The summed E-state index contributed by atoms with van der Waals surface area (Å²) in [6, 6.07) is 3.01. The summed E-state index contributed by atoms with van der Waals surface area (Å²) in [6.07, 6.45) is 0. The fourth-order valence-corrected chi connectivity index (χ4v) is 2.00. The van der Waals surface area contributed by atoms with Gasteiger partial charge in [0.1, 0.15) is 5.82 Å². The summed E-state index contributed by atoms with van der Waals surface area (Å²) in [5, 5.41) is 10.7. The lowest BCUT2D eigenvalue weighted by atomic mass is 10.1. The number of nitrogens with two attached hydrogens (primary N) is 1. The number of rotatable bonds is 2. The molecule has 0 atom stereocenters. The molecule has 2 rings (SSSR count). The Balaban J connectivity index is 2.24. The number of nitrogens with zero attached hydrogens (tertiary/aromatic N) is 3. The number of hydrogen-bond donors (Lipinski definition) is 1. The van der Waals surface area contributed by atoms with Crippen molar-refractivity contribution in [3.63, 3.8) is 0 Å². The van der Waals surface area contributed by atoms with Gasteiger partial charge < -0.3 is 15.4 Å². The van der Waals surface area contributed by atoms with Gasteiger partial charge in [-0.05, 0) is 19.9 Å².